The van der Waals surface area contributed by atoms with E-state index in [9.17, 15) is 19.6 Å². The van der Waals surface area contributed by atoms with E-state index in [1.54, 1.807) is 69.5 Å². The van der Waals surface area contributed by atoms with Gasteiger partial charge in [-0.25, -0.2) is 4.79 Å². The third-order valence-corrected chi connectivity index (χ3v) is 5.98. The first-order valence-corrected chi connectivity index (χ1v) is 11.4. The zero-order valence-corrected chi connectivity index (χ0v) is 20.2. The predicted molar refractivity (Wildman–Crippen MR) is 131 cm³/mol. The fraction of sp³-hybridized carbons (Fsp3) is 0.200. The van der Waals surface area contributed by atoms with Gasteiger partial charge in [0.05, 0.1) is 18.4 Å². The monoisotopic (exact) mass is 493 g/mol. The average molecular weight is 494 g/mol. The van der Waals surface area contributed by atoms with Crippen molar-refractivity contribution in [3.63, 3.8) is 0 Å². The molecule has 180 valence electrons. The standard InChI is InChI=1S/C25H23N3O6S/c1-15-16(2)34-24(20(15)12-26)28-22(29)13-33-25(31)19-9-4-5-10-21(19)35-14-23(30)27-17-7-6-8-18(11-17)32-3/h4-11H,13-14H2,1-3H3,(H,27,30)(H,28,29). The summed E-state index contributed by atoms with van der Waals surface area (Å²) in [5.41, 5.74) is 1.66. The lowest BCUT2D eigenvalue weighted by atomic mass is 10.2. The van der Waals surface area contributed by atoms with E-state index in [1.807, 2.05) is 6.07 Å². The summed E-state index contributed by atoms with van der Waals surface area (Å²) in [5, 5.41) is 14.5. The number of thioether (sulfide) groups is 1. The van der Waals surface area contributed by atoms with Crippen LogP contribution in [0.25, 0.3) is 0 Å². The molecule has 0 fully saturated rings. The Hall–Kier alpha value is -4.23. The van der Waals surface area contributed by atoms with E-state index < -0.39 is 18.5 Å². The second-order valence-corrected chi connectivity index (χ2v) is 8.31. The van der Waals surface area contributed by atoms with E-state index in [2.05, 4.69) is 10.6 Å². The molecule has 1 aromatic heterocycles. The van der Waals surface area contributed by atoms with Crippen LogP contribution < -0.4 is 15.4 Å². The van der Waals surface area contributed by atoms with Gasteiger partial charge in [-0.2, -0.15) is 5.26 Å². The van der Waals surface area contributed by atoms with Crippen LogP contribution in [-0.2, 0) is 14.3 Å². The molecule has 35 heavy (non-hydrogen) atoms. The fourth-order valence-corrected chi connectivity index (χ4v) is 3.86. The van der Waals surface area contributed by atoms with Crippen molar-refractivity contribution >= 4 is 41.1 Å². The number of anilines is 2. The Morgan fingerprint density at radius 3 is 2.57 bits per heavy atom. The van der Waals surface area contributed by atoms with E-state index in [0.29, 0.717) is 27.7 Å². The van der Waals surface area contributed by atoms with Crippen molar-refractivity contribution in [2.45, 2.75) is 18.7 Å². The van der Waals surface area contributed by atoms with Crippen LogP contribution >= 0.6 is 11.8 Å². The van der Waals surface area contributed by atoms with Crippen LogP contribution in [0.5, 0.6) is 5.75 Å². The van der Waals surface area contributed by atoms with Gasteiger partial charge in [0.15, 0.2) is 6.61 Å². The number of furan rings is 1. The van der Waals surface area contributed by atoms with E-state index in [4.69, 9.17) is 13.9 Å². The molecule has 0 bridgehead atoms. The maximum Gasteiger partial charge on any atom is 0.339 e. The third kappa shape index (κ3) is 6.65. The second kappa shape index (κ2) is 11.8. The zero-order valence-electron chi connectivity index (χ0n) is 19.3. The first-order chi connectivity index (χ1) is 16.8. The number of hydrogen-bond acceptors (Lipinski definition) is 8. The third-order valence-electron chi connectivity index (χ3n) is 4.90. The van der Waals surface area contributed by atoms with Crippen LogP contribution in [0.1, 0.15) is 27.2 Å². The highest BCUT2D eigenvalue weighted by molar-refractivity contribution is 8.00. The lowest BCUT2D eigenvalue weighted by molar-refractivity contribution is -0.119. The predicted octanol–water partition coefficient (Wildman–Crippen LogP) is 4.30. The van der Waals surface area contributed by atoms with Gasteiger partial charge in [-0.15, -0.1) is 11.8 Å². The van der Waals surface area contributed by atoms with Gasteiger partial charge in [0.25, 0.3) is 5.91 Å². The van der Waals surface area contributed by atoms with Gasteiger partial charge in [-0.05, 0) is 38.1 Å². The second-order valence-electron chi connectivity index (χ2n) is 7.29. The number of nitrogens with one attached hydrogen (secondary N) is 2. The molecule has 3 rings (SSSR count). The maximum absolute atomic E-state index is 12.6. The molecule has 0 saturated carbocycles. The van der Waals surface area contributed by atoms with Gasteiger partial charge in [0.1, 0.15) is 23.1 Å². The van der Waals surface area contributed by atoms with Gasteiger partial charge in [0, 0.05) is 22.2 Å². The molecule has 2 aromatic carbocycles. The van der Waals surface area contributed by atoms with E-state index in [0.717, 1.165) is 11.8 Å². The highest BCUT2D eigenvalue weighted by atomic mass is 32.2. The number of nitrogens with zero attached hydrogens (tertiary/aromatic N) is 1. The van der Waals surface area contributed by atoms with Crippen molar-refractivity contribution < 1.29 is 28.3 Å². The minimum Gasteiger partial charge on any atom is -0.497 e. The highest BCUT2D eigenvalue weighted by Gasteiger charge is 2.19. The molecular weight excluding hydrogens is 470 g/mol. The Kier molecular flexibility index (Phi) is 8.53. The normalized spacial score (nSPS) is 10.2. The largest absolute Gasteiger partial charge is 0.497 e. The number of esters is 1. The van der Waals surface area contributed by atoms with Crippen molar-refractivity contribution in [2.24, 2.45) is 0 Å². The van der Waals surface area contributed by atoms with E-state index in [-0.39, 0.29) is 28.7 Å². The zero-order chi connectivity index (χ0) is 25.4. The summed E-state index contributed by atoms with van der Waals surface area (Å²) in [6, 6.07) is 15.6. The minimum absolute atomic E-state index is 0.0153. The van der Waals surface area contributed by atoms with Crippen LogP contribution in [0.15, 0.2) is 57.8 Å². The Morgan fingerprint density at radius 2 is 1.83 bits per heavy atom. The quantitative estimate of drug-likeness (QED) is 0.333. The number of ether oxygens (including phenoxy) is 2. The van der Waals surface area contributed by atoms with Crippen molar-refractivity contribution in [3.8, 4) is 11.8 Å². The number of benzene rings is 2. The van der Waals surface area contributed by atoms with E-state index >= 15 is 0 Å². The van der Waals surface area contributed by atoms with Gasteiger partial charge >= 0.3 is 5.97 Å². The Labute approximate surface area is 206 Å². The van der Waals surface area contributed by atoms with Crippen LogP contribution in [-0.4, -0.2) is 37.3 Å². The summed E-state index contributed by atoms with van der Waals surface area (Å²) in [7, 11) is 1.54. The number of aryl methyl sites for hydroxylation is 1. The number of rotatable bonds is 9. The molecule has 0 spiro atoms. The number of hydrogen-bond donors (Lipinski definition) is 2. The molecule has 0 atom stereocenters. The number of carbonyl (C=O) groups is 3. The van der Waals surface area contributed by atoms with Crippen molar-refractivity contribution in [3.05, 3.63) is 71.0 Å². The Balaban J connectivity index is 1.56. The smallest absolute Gasteiger partial charge is 0.339 e. The molecular formula is C25H23N3O6S. The van der Waals surface area contributed by atoms with E-state index in [1.165, 1.54) is 0 Å². The van der Waals surface area contributed by atoms with Gasteiger partial charge in [-0.1, -0.05) is 18.2 Å². The van der Waals surface area contributed by atoms with Gasteiger partial charge in [-0.3, -0.25) is 14.9 Å². The van der Waals surface area contributed by atoms with Crippen molar-refractivity contribution in [1.29, 1.82) is 5.26 Å². The summed E-state index contributed by atoms with van der Waals surface area (Å²) >= 11 is 1.16. The van der Waals surface area contributed by atoms with Crippen LogP contribution in [0.3, 0.4) is 0 Å². The number of methoxy groups -OCH3 is 1. The van der Waals surface area contributed by atoms with Gasteiger partial charge < -0.3 is 19.2 Å². The molecule has 0 saturated heterocycles. The average Bonchev–Trinajstić information content (AvgIpc) is 3.13. The van der Waals surface area contributed by atoms with Gasteiger partial charge in [0.2, 0.25) is 11.8 Å². The molecule has 9 nitrogen and oxygen atoms in total. The fourth-order valence-electron chi connectivity index (χ4n) is 3.02. The highest BCUT2D eigenvalue weighted by Crippen LogP contribution is 2.26. The molecule has 3 aromatic rings. The Morgan fingerprint density at radius 1 is 1.06 bits per heavy atom. The Bertz CT molecular complexity index is 1290. The summed E-state index contributed by atoms with van der Waals surface area (Å²) in [6.07, 6.45) is 0. The number of nitriles is 1. The molecule has 0 radical (unpaired) electrons. The molecule has 0 aliphatic rings. The first kappa shape index (κ1) is 25.4. The molecule has 1 heterocycles. The molecule has 0 unspecified atom stereocenters. The van der Waals surface area contributed by atoms with Crippen molar-refractivity contribution in [2.75, 3.05) is 30.1 Å². The molecule has 10 heteroatoms. The van der Waals surface area contributed by atoms with Crippen molar-refractivity contribution in [1.82, 2.24) is 0 Å². The van der Waals surface area contributed by atoms with Crippen LogP contribution in [0.2, 0.25) is 0 Å². The molecule has 2 N–H and O–H groups in total. The number of carbonyl (C=O) groups excluding carboxylic acids is 3. The minimum atomic E-state index is -0.719. The van der Waals surface area contributed by atoms with Crippen LogP contribution in [0, 0.1) is 25.2 Å². The summed E-state index contributed by atoms with van der Waals surface area (Å²) in [4.78, 5) is 37.7. The first-order valence-electron chi connectivity index (χ1n) is 10.4. The van der Waals surface area contributed by atoms with Crippen LogP contribution in [0.4, 0.5) is 11.6 Å². The lowest BCUT2D eigenvalue weighted by Gasteiger charge is -2.10. The number of amides is 2. The summed E-state index contributed by atoms with van der Waals surface area (Å²) in [5.74, 6) is -0.431. The summed E-state index contributed by atoms with van der Waals surface area (Å²) < 4.78 is 15.7. The summed E-state index contributed by atoms with van der Waals surface area (Å²) in [6.45, 7) is 2.81. The lowest BCUT2D eigenvalue weighted by Crippen LogP contribution is -2.21. The molecule has 0 aliphatic heterocycles. The topological polar surface area (TPSA) is 131 Å². The molecule has 2 amide bonds. The SMILES string of the molecule is COc1cccc(NC(=O)CSc2ccccc2C(=O)OCC(=O)Nc2oc(C)c(C)c2C#N)c1. The maximum atomic E-state index is 12.6. The molecule has 0 aliphatic carbocycles.